The fourth-order valence-electron chi connectivity index (χ4n) is 0.929. The zero-order chi connectivity index (χ0) is 8.53. The van der Waals surface area contributed by atoms with Crippen LogP contribution in [-0.2, 0) is 0 Å². The summed E-state index contributed by atoms with van der Waals surface area (Å²) in [5.41, 5.74) is 0. The van der Waals surface area contributed by atoms with Gasteiger partial charge in [-0.25, -0.2) is 0 Å². The number of rotatable bonds is 6. The molecule has 0 spiro atoms. The Labute approximate surface area is 70.1 Å². The highest BCUT2D eigenvalue weighted by molar-refractivity contribution is 4.87. The van der Waals surface area contributed by atoms with Gasteiger partial charge in [0.1, 0.15) is 0 Å². The molecule has 0 aromatic carbocycles. The molecule has 66 valence electrons. The maximum absolute atomic E-state index is 9.32. The molecule has 0 unspecified atom stereocenters. The van der Waals surface area contributed by atoms with Crippen molar-refractivity contribution in [2.75, 3.05) is 0 Å². The maximum Gasteiger partial charge on any atom is 0.0720 e. The summed E-state index contributed by atoms with van der Waals surface area (Å²) in [7, 11) is 0. The molecule has 1 N–H and O–H groups in total. The molecule has 0 bridgehead atoms. The summed E-state index contributed by atoms with van der Waals surface area (Å²) < 4.78 is 0. The summed E-state index contributed by atoms with van der Waals surface area (Å²) in [5, 5.41) is 9.32. The van der Waals surface area contributed by atoms with E-state index in [0.717, 1.165) is 25.7 Å². The Kier molecular flexibility index (Phi) is 7.59. The molecule has 0 aromatic rings. The van der Waals surface area contributed by atoms with Crippen molar-refractivity contribution in [1.29, 1.82) is 0 Å². The summed E-state index contributed by atoms with van der Waals surface area (Å²) in [5.74, 6) is 0. The first-order valence-corrected chi connectivity index (χ1v) is 4.66. The van der Waals surface area contributed by atoms with Crippen molar-refractivity contribution in [3.8, 4) is 0 Å². The SMILES string of the molecule is CCC/C=C/[C@@H](O)CCCC. The van der Waals surface area contributed by atoms with Crippen LogP contribution in [0.25, 0.3) is 0 Å². The molecule has 0 saturated carbocycles. The topological polar surface area (TPSA) is 20.2 Å². The zero-order valence-corrected chi connectivity index (χ0v) is 7.71. The molecular formula is C10H20O. The molecule has 0 aliphatic carbocycles. The third-order valence-electron chi connectivity index (χ3n) is 1.67. The van der Waals surface area contributed by atoms with Crippen molar-refractivity contribution < 1.29 is 5.11 Å². The van der Waals surface area contributed by atoms with Crippen LogP contribution in [0.4, 0.5) is 0 Å². The molecule has 0 rings (SSSR count). The normalized spacial score (nSPS) is 14.1. The molecule has 0 aliphatic heterocycles. The van der Waals surface area contributed by atoms with Crippen molar-refractivity contribution in [3.63, 3.8) is 0 Å². The van der Waals surface area contributed by atoms with E-state index < -0.39 is 0 Å². The molecule has 0 aliphatic rings. The number of aliphatic hydroxyl groups excluding tert-OH is 1. The minimum absolute atomic E-state index is 0.207. The second-order valence-corrected chi connectivity index (χ2v) is 2.93. The second kappa shape index (κ2) is 7.80. The predicted octanol–water partition coefficient (Wildman–Crippen LogP) is 2.89. The third kappa shape index (κ3) is 7.60. The van der Waals surface area contributed by atoms with E-state index in [-0.39, 0.29) is 6.10 Å². The Hall–Kier alpha value is -0.300. The quantitative estimate of drug-likeness (QED) is 0.586. The number of unbranched alkanes of at least 4 members (excludes halogenated alkanes) is 2. The maximum atomic E-state index is 9.32. The molecular weight excluding hydrogens is 136 g/mol. The third-order valence-corrected chi connectivity index (χ3v) is 1.67. The zero-order valence-electron chi connectivity index (χ0n) is 7.71. The second-order valence-electron chi connectivity index (χ2n) is 2.93. The molecule has 11 heavy (non-hydrogen) atoms. The predicted molar refractivity (Wildman–Crippen MR) is 49.6 cm³/mol. The smallest absolute Gasteiger partial charge is 0.0720 e. The van der Waals surface area contributed by atoms with Crippen LogP contribution in [0.3, 0.4) is 0 Å². The lowest BCUT2D eigenvalue weighted by Gasteiger charge is -2.02. The van der Waals surface area contributed by atoms with E-state index in [1.54, 1.807) is 0 Å². The Balaban J connectivity index is 3.27. The van der Waals surface area contributed by atoms with Crippen LogP contribution in [0, 0.1) is 0 Å². The standard InChI is InChI=1S/C10H20O/c1-3-5-7-9-10(11)8-6-4-2/h7,9-11H,3-6,8H2,1-2H3/b9-7+/t10-/m0/s1. The molecule has 1 heteroatoms. The van der Waals surface area contributed by atoms with Crippen LogP contribution in [0.15, 0.2) is 12.2 Å². The number of hydrogen-bond donors (Lipinski definition) is 1. The first kappa shape index (κ1) is 10.7. The van der Waals surface area contributed by atoms with E-state index in [2.05, 4.69) is 19.9 Å². The van der Waals surface area contributed by atoms with Crippen LogP contribution >= 0.6 is 0 Å². The van der Waals surface area contributed by atoms with Gasteiger partial charge >= 0.3 is 0 Å². The van der Waals surface area contributed by atoms with Crippen LogP contribution in [0.1, 0.15) is 46.0 Å². The molecule has 1 atom stereocenters. The van der Waals surface area contributed by atoms with Crippen LogP contribution in [0.5, 0.6) is 0 Å². The van der Waals surface area contributed by atoms with Crippen molar-refractivity contribution in [3.05, 3.63) is 12.2 Å². The average molecular weight is 156 g/mol. The van der Waals surface area contributed by atoms with Crippen LogP contribution in [0.2, 0.25) is 0 Å². The molecule has 0 radical (unpaired) electrons. The molecule has 1 nitrogen and oxygen atoms in total. The fourth-order valence-corrected chi connectivity index (χ4v) is 0.929. The summed E-state index contributed by atoms with van der Waals surface area (Å²) in [4.78, 5) is 0. The van der Waals surface area contributed by atoms with Crippen molar-refractivity contribution in [2.24, 2.45) is 0 Å². The monoisotopic (exact) mass is 156 g/mol. The van der Waals surface area contributed by atoms with Gasteiger partial charge < -0.3 is 5.11 Å². The molecule has 0 heterocycles. The van der Waals surface area contributed by atoms with Crippen molar-refractivity contribution in [2.45, 2.75) is 52.1 Å². The van der Waals surface area contributed by atoms with E-state index in [0.29, 0.717) is 0 Å². The van der Waals surface area contributed by atoms with Gasteiger partial charge in [0.15, 0.2) is 0 Å². The number of allylic oxidation sites excluding steroid dienone is 1. The van der Waals surface area contributed by atoms with Gasteiger partial charge in [0.25, 0.3) is 0 Å². The summed E-state index contributed by atoms with van der Waals surface area (Å²) in [6.45, 7) is 4.28. The van der Waals surface area contributed by atoms with E-state index in [1.165, 1.54) is 6.42 Å². The van der Waals surface area contributed by atoms with Gasteiger partial charge in [0, 0.05) is 0 Å². The van der Waals surface area contributed by atoms with E-state index in [9.17, 15) is 5.11 Å². The lowest BCUT2D eigenvalue weighted by molar-refractivity contribution is 0.209. The first-order chi connectivity index (χ1) is 5.31. The first-order valence-electron chi connectivity index (χ1n) is 4.66. The molecule has 0 amide bonds. The number of hydrogen-bond acceptors (Lipinski definition) is 1. The van der Waals surface area contributed by atoms with E-state index >= 15 is 0 Å². The summed E-state index contributed by atoms with van der Waals surface area (Å²) in [6.07, 6.45) is 9.23. The number of aliphatic hydroxyl groups is 1. The Morgan fingerprint density at radius 3 is 2.55 bits per heavy atom. The van der Waals surface area contributed by atoms with E-state index in [1.807, 2.05) is 6.08 Å². The van der Waals surface area contributed by atoms with Crippen LogP contribution < -0.4 is 0 Å². The molecule has 0 saturated heterocycles. The largest absolute Gasteiger partial charge is 0.389 e. The lowest BCUT2D eigenvalue weighted by Crippen LogP contribution is -2.00. The minimum atomic E-state index is -0.207. The van der Waals surface area contributed by atoms with Gasteiger partial charge in [-0.05, 0) is 12.8 Å². The highest BCUT2D eigenvalue weighted by Crippen LogP contribution is 2.02. The molecule has 0 aromatic heterocycles. The van der Waals surface area contributed by atoms with Crippen molar-refractivity contribution >= 4 is 0 Å². The summed E-state index contributed by atoms with van der Waals surface area (Å²) in [6, 6.07) is 0. The van der Waals surface area contributed by atoms with Gasteiger partial charge in [0.05, 0.1) is 6.10 Å². The van der Waals surface area contributed by atoms with Gasteiger partial charge in [-0.1, -0.05) is 45.3 Å². The van der Waals surface area contributed by atoms with E-state index in [4.69, 9.17) is 0 Å². The highest BCUT2D eigenvalue weighted by Gasteiger charge is 1.95. The van der Waals surface area contributed by atoms with Gasteiger partial charge in [0.2, 0.25) is 0 Å². The van der Waals surface area contributed by atoms with Gasteiger partial charge in [-0.2, -0.15) is 0 Å². The minimum Gasteiger partial charge on any atom is -0.389 e. The Morgan fingerprint density at radius 1 is 1.27 bits per heavy atom. The van der Waals surface area contributed by atoms with Gasteiger partial charge in [-0.3, -0.25) is 0 Å². The average Bonchev–Trinajstić information content (AvgIpc) is 2.01. The fraction of sp³-hybridized carbons (Fsp3) is 0.800. The summed E-state index contributed by atoms with van der Waals surface area (Å²) >= 11 is 0. The highest BCUT2D eigenvalue weighted by atomic mass is 16.3. The molecule has 0 fully saturated rings. The van der Waals surface area contributed by atoms with Crippen molar-refractivity contribution in [1.82, 2.24) is 0 Å². The lowest BCUT2D eigenvalue weighted by atomic mass is 10.1. The Morgan fingerprint density at radius 2 is 2.00 bits per heavy atom. The Bertz CT molecular complexity index is 97.0. The van der Waals surface area contributed by atoms with Crippen LogP contribution in [-0.4, -0.2) is 11.2 Å². The van der Waals surface area contributed by atoms with Gasteiger partial charge in [-0.15, -0.1) is 0 Å².